The van der Waals surface area contributed by atoms with Crippen LogP contribution >= 0.6 is 12.2 Å². The van der Waals surface area contributed by atoms with Crippen LogP contribution in [0.4, 0.5) is 5.82 Å². The van der Waals surface area contributed by atoms with Gasteiger partial charge in [-0.3, -0.25) is 0 Å². The van der Waals surface area contributed by atoms with Gasteiger partial charge in [-0.05, 0) is 43.3 Å². The normalized spacial score (nSPS) is 14.6. The summed E-state index contributed by atoms with van der Waals surface area (Å²) in [6, 6.07) is 14.3. The first-order chi connectivity index (χ1) is 13.2. The summed E-state index contributed by atoms with van der Waals surface area (Å²) in [5, 5.41) is 21.9. The highest BCUT2D eigenvalue weighted by Crippen LogP contribution is 2.22. The maximum Gasteiger partial charge on any atom is 0.172 e. The van der Waals surface area contributed by atoms with Crippen LogP contribution in [0.3, 0.4) is 0 Å². The molecule has 0 radical (unpaired) electrons. The van der Waals surface area contributed by atoms with E-state index >= 15 is 0 Å². The van der Waals surface area contributed by atoms with Gasteiger partial charge in [0.15, 0.2) is 16.7 Å². The molecule has 1 saturated carbocycles. The van der Waals surface area contributed by atoms with Crippen LogP contribution in [0, 0.1) is 11.3 Å². The number of fused-ring (bicyclic) bond motifs is 1. The summed E-state index contributed by atoms with van der Waals surface area (Å²) < 4.78 is 1.62. The fourth-order valence-corrected chi connectivity index (χ4v) is 3.74. The zero-order chi connectivity index (χ0) is 18.6. The van der Waals surface area contributed by atoms with Crippen molar-refractivity contribution >= 4 is 34.1 Å². The first kappa shape index (κ1) is 17.4. The number of thiocarbonyl (C=S) groups is 1. The standard InChI is InChI=1S/C20H20N6S/c21-12-15-13-22-26(18-11-10-14-6-4-5-9-17(14)24-18)19(15)25-20(27)23-16-7-2-1-3-8-16/h4-6,9-11,13,16H,1-3,7-8H2,(H2,23,25,27). The van der Waals surface area contributed by atoms with Crippen LogP contribution in [-0.4, -0.2) is 25.9 Å². The van der Waals surface area contributed by atoms with Crippen molar-refractivity contribution in [2.24, 2.45) is 0 Å². The lowest BCUT2D eigenvalue weighted by Crippen LogP contribution is -2.39. The van der Waals surface area contributed by atoms with Crippen molar-refractivity contribution in [2.75, 3.05) is 5.32 Å². The molecular formula is C20H20N6S. The van der Waals surface area contributed by atoms with Crippen molar-refractivity contribution in [2.45, 2.75) is 38.1 Å². The zero-order valence-corrected chi connectivity index (χ0v) is 15.7. The zero-order valence-electron chi connectivity index (χ0n) is 14.9. The Hall–Kier alpha value is -2.98. The molecule has 0 amide bonds. The van der Waals surface area contributed by atoms with Gasteiger partial charge in [0.25, 0.3) is 0 Å². The predicted octanol–water partition coefficient (Wildman–Crippen LogP) is 3.91. The summed E-state index contributed by atoms with van der Waals surface area (Å²) >= 11 is 5.48. The highest BCUT2D eigenvalue weighted by Gasteiger charge is 2.18. The number of hydrogen-bond acceptors (Lipinski definition) is 4. The van der Waals surface area contributed by atoms with Gasteiger partial charge in [-0.25, -0.2) is 4.98 Å². The Morgan fingerprint density at radius 3 is 2.78 bits per heavy atom. The number of hydrogen-bond donors (Lipinski definition) is 2. The van der Waals surface area contributed by atoms with E-state index in [9.17, 15) is 5.26 Å². The smallest absolute Gasteiger partial charge is 0.172 e. The van der Waals surface area contributed by atoms with Crippen LogP contribution in [0.15, 0.2) is 42.6 Å². The lowest BCUT2D eigenvalue weighted by Gasteiger charge is -2.24. The summed E-state index contributed by atoms with van der Waals surface area (Å²) in [6.45, 7) is 0. The van der Waals surface area contributed by atoms with Gasteiger partial charge in [0.05, 0.1) is 11.7 Å². The first-order valence-electron chi connectivity index (χ1n) is 9.16. The van der Waals surface area contributed by atoms with Gasteiger partial charge in [-0.1, -0.05) is 37.5 Å². The molecule has 4 rings (SSSR count). The number of aromatic nitrogens is 3. The van der Waals surface area contributed by atoms with E-state index in [2.05, 4.69) is 26.8 Å². The van der Waals surface area contributed by atoms with E-state index in [-0.39, 0.29) is 0 Å². The molecule has 7 heteroatoms. The molecule has 2 N–H and O–H groups in total. The fourth-order valence-electron chi connectivity index (χ4n) is 3.47. The van der Waals surface area contributed by atoms with Crippen molar-refractivity contribution in [3.8, 4) is 11.9 Å². The van der Waals surface area contributed by atoms with Crippen LogP contribution in [0.1, 0.15) is 37.7 Å². The summed E-state index contributed by atoms with van der Waals surface area (Å²) in [5.74, 6) is 1.17. The van der Waals surface area contributed by atoms with E-state index in [1.807, 2.05) is 36.4 Å². The third-order valence-corrected chi connectivity index (χ3v) is 5.08. The Morgan fingerprint density at radius 1 is 1.15 bits per heavy atom. The molecule has 1 aliphatic rings. The molecule has 27 heavy (non-hydrogen) atoms. The molecule has 0 bridgehead atoms. The van der Waals surface area contributed by atoms with Gasteiger partial charge in [0.1, 0.15) is 11.6 Å². The van der Waals surface area contributed by atoms with Gasteiger partial charge in [-0.2, -0.15) is 15.0 Å². The summed E-state index contributed by atoms with van der Waals surface area (Å²) in [7, 11) is 0. The minimum atomic E-state index is 0.388. The number of nitrogens with one attached hydrogen (secondary N) is 2. The molecule has 2 heterocycles. The Bertz CT molecular complexity index is 1010. The lowest BCUT2D eigenvalue weighted by atomic mass is 9.96. The average Bonchev–Trinajstić information content (AvgIpc) is 3.10. The van der Waals surface area contributed by atoms with Crippen LogP contribution in [0.25, 0.3) is 16.7 Å². The molecule has 0 atom stereocenters. The van der Waals surface area contributed by atoms with E-state index in [4.69, 9.17) is 12.2 Å². The molecule has 1 aliphatic carbocycles. The molecule has 3 aromatic rings. The SMILES string of the molecule is N#Cc1cnn(-c2ccc3ccccc3n2)c1NC(=S)NC1CCCCC1. The van der Waals surface area contributed by atoms with Gasteiger partial charge >= 0.3 is 0 Å². The highest BCUT2D eigenvalue weighted by molar-refractivity contribution is 7.80. The Morgan fingerprint density at radius 2 is 1.96 bits per heavy atom. The fraction of sp³-hybridized carbons (Fsp3) is 0.300. The second-order valence-electron chi connectivity index (χ2n) is 6.73. The number of anilines is 1. The minimum absolute atomic E-state index is 0.388. The molecule has 0 saturated heterocycles. The number of benzene rings is 1. The summed E-state index contributed by atoms with van der Waals surface area (Å²) in [5.41, 5.74) is 1.30. The van der Waals surface area contributed by atoms with Crippen LogP contribution in [0.2, 0.25) is 0 Å². The van der Waals surface area contributed by atoms with Crippen LogP contribution in [-0.2, 0) is 0 Å². The second-order valence-corrected chi connectivity index (χ2v) is 7.13. The molecule has 1 aromatic carbocycles. The molecule has 0 unspecified atom stereocenters. The Balaban J connectivity index is 1.61. The van der Waals surface area contributed by atoms with Gasteiger partial charge < -0.3 is 10.6 Å². The molecular weight excluding hydrogens is 356 g/mol. The third kappa shape index (κ3) is 3.76. The Labute approximate surface area is 163 Å². The van der Waals surface area contributed by atoms with Crippen molar-refractivity contribution in [1.82, 2.24) is 20.1 Å². The topological polar surface area (TPSA) is 78.6 Å². The van der Waals surface area contributed by atoms with Gasteiger partial charge in [-0.15, -0.1) is 0 Å². The molecule has 136 valence electrons. The van der Waals surface area contributed by atoms with Crippen molar-refractivity contribution in [3.63, 3.8) is 0 Å². The molecule has 1 fully saturated rings. The number of rotatable bonds is 3. The van der Waals surface area contributed by atoms with Crippen molar-refractivity contribution in [3.05, 3.63) is 48.2 Å². The van der Waals surface area contributed by atoms with Crippen LogP contribution in [0.5, 0.6) is 0 Å². The summed E-state index contributed by atoms with van der Waals surface area (Å²) in [4.78, 5) is 4.66. The van der Waals surface area contributed by atoms with Gasteiger partial charge in [0, 0.05) is 11.4 Å². The quantitative estimate of drug-likeness (QED) is 0.675. The molecule has 0 aliphatic heterocycles. The summed E-state index contributed by atoms with van der Waals surface area (Å²) in [6.07, 6.45) is 7.52. The van der Waals surface area contributed by atoms with Crippen LogP contribution < -0.4 is 10.6 Å². The number of nitrogens with zero attached hydrogens (tertiary/aromatic N) is 4. The van der Waals surface area contributed by atoms with E-state index in [1.54, 1.807) is 4.68 Å². The number of pyridine rings is 1. The van der Waals surface area contributed by atoms with Crippen molar-refractivity contribution < 1.29 is 0 Å². The number of nitriles is 1. The van der Waals surface area contributed by atoms with E-state index in [0.717, 1.165) is 23.7 Å². The van der Waals surface area contributed by atoms with E-state index in [0.29, 0.717) is 28.4 Å². The molecule has 6 nitrogen and oxygen atoms in total. The van der Waals surface area contributed by atoms with Gasteiger partial charge in [0.2, 0.25) is 0 Å². The average molecular weight is 376 g/mol. The number of para-hydroxylation sites is 1. The first-order valence-corrected chi connectivity index (χ1v) is 9.57. The van der Waals surface area contributed by atoms with E-state index in [1.165, 1.54) is 25.5 Å². The van der Waals surface area contributed by atoms with Crippen molar-refractivity contribution in [1.29, 1.82) is 5.26 Å². The molecule has 2 aromatic heterocycles. The van der Waals surface area contributed by atoms with E-state index < -0.39 is 0 Å². The lowest BCUT2D eigenvalue weighted by molar-refractivity contribution is 0.414. The minimum Gasteiger partial charge on any atom is -0.360 e. The second kappa shape index (κ2) is 7.72. The Kier molecular flexibility index (Phi) is 4.99. The maximum atomic E-state index is 9.46. The molecule has 0 spiro atoms. The highest BCUT2D eigenvalue weighted by atomic mass is 32.1. The maximum absolute atomic E-state index is 9.46. The largest absolute Gasteiger partial charge is 0.360 e. The predicted molar refractivity (Wildman–Crippen MR) is 110 cm³/mol. The monoisotopic (exact) mass is 376 g/mol. The third-order valence-electron chi connectivity index (χ3n) is 4.86.